The van der Waals surface area contributed by atoms with Crippen molar-refractivity contribution in [2.24, 2.45) is 0 Å². The molecule has 0 saturated carbocycles. The van der Waals surface area contributed by atoms with E-state index in [9.17, 15) is 5.11 Å². The van der Waals surface area contributed by atoms with Crippen LogP contribution in [-0.2, 0) is 18.6 Å². The largest absolute Gasteiger partial charge is 0.379 e. The van der Waals surface area contributed by atoms with E-state index in [0.29, 0.717) is 6.54 Å². The molecule has 124 valence electrons. The van der Waals surface area contributed by atoms with Crippen LogP contribution in [-0.4, -0.2) is 14.7 Å². The Bertz CT molecular complexity index is 802. The molecule has 0 saturated heterocycles. The van der Waals surface area contributed by atoms with Gasteiger partial charge in [-0.25, -0.2) is 4.98 Å². The fourth-order valence-electron chi connectivity index (χ4n) is 3.05. The van der Waals surface area contributed by atoms with Crippen molar-refractivity contribution in [2.75, 3.05) is 0 Å². The highest BCUT2D eigenvalue weighted by Crippen LogP contribution is 2.30. The van der Waals surface area contributed by atoms with Crippen molar-refractivity contribution in [3.63, 3.8) is 0 Å². The van der Waals surface area contributed by atoms with Crippen LogP contribution in [0.5, 0.6) is 0 Å². The molecule has 3 nitrogen and oxygen atoms in total. The first-order valence-corrected chi connectivity index (χ1v) is 8.40. The first-order valence-electron chi connectivity index (χ1n) is 8.40. The molecule has 3 heteroatoms. The van der Waals surface area contributed by atoms with Crippen molar-refractivity contribution in [1.82, 2.24) is 9.55 Å². The highest BCUT2D eigenvalue weighted by atomic mass is 16.3. The van der Waals surface area contributed by atoms with Crippen molar-refractivity contribution in [3.05, 3.63) is 89.0 Å². The second kappa shape index (κ2) is 6.62. The Morgan fingerprint density at radius 1 is 1.04 bits per heavy atom. The maximum absolute atomic E-state index is 11.3. The first-order chi connectivity index (χ1) is 11.5. The second-order valence-electron chi connectivity index (χ2n) is 6.42. The van der Waals surface area contributed by atoms with Gasteiger partial charge in [0.15, 0.2) is 0 Å². The van der Waals surface area contributed by atoms with E-state index >= 15 is 0 Å². The molecule has 0 spiro atoms. The number of imidazole rings is 1. The van der Waals surface area contributed by atoms with Gasteiger partial charge < -0.3 is 9.67 Å². The standard InChI is InChI=1S/C21H24N2O/c1-4-20-22-14-19(23(20)15-17-8-6-5-7-9-17)21(3,24)18-12-10-16(2)11-13-18/h5-14,24H,4,15H2,1-3H3/t21-/m0/s1. The predicted octanol–water partition coefficient (Wildman–Crippen LogP) is 4.06. The lowest BCUT2D eigenvalue weighted by atomic mass is 9.92. The van der Waals surface area contributed by atoms with Crippen LogP contribution in [0.4, 0.5) is 0 Å². The zero-order chi connectivity index (χ0) is 17.2. The number of nitrogens with zero attached hydrogens (tertiary/aromatic N) is 2. The fraction of sp³-hybridized carbons (Fsp3) is 0.286. The van der Waals surface area contributed by atoms with Gasteiger partial charge in [0.05, 0.1) is 11.9 Å². The molecule has 0 radical (unpaired) electrons. The molecule has 1 aromatic heterocycles. The van der Waals surface area contributed by atoms with Crippen LogP contribution < -0.4 is 0 Å². The van der Waals surface area contributed by atoms with Gasteiger partial charge in [-0.1, -0.05) is 67.1 Å². The van der Waals surface area contributed by atoms with E-state index in [1.165, 1.54) is 11.1 Å². The Balaban J connectivity index is 2.04. The number of hydrogen-bond donors (Lipinski definition) is 1. The minimum absolute atomic E-state index is 0.710. The summed E-state index contributed by atoms with van der Waals surface area (Å²) in [5, 5.41) is 11.3. The lowest BCUT2D eigenvalue weighted by Gasteiger charge is -2.26. The summed E-state index contributed by atoms with van der Waals surface area (Å²) < 4.78 is 2.13. The van der Waals surface area contributed by atoms with Gasteiger partial charge in [0.2, 0.25) is 0 Å². The molecule has 0 aliphatic rings. The van der Waals surface area contributed by atoms with Crippen LogP contribution in [0.15, 0.2) is 60.8 Å². The van der Waals surface area contributed by atoms with Gasteiger partial charge in [-0.2, -0.15) is 0 Å². The van der Waals surface area contributed by atoms with E-state index in [0.717, 1.165) is 23.5 Å². The summed E-state index contributed by atoms with van der Waals surface area (Å²) in [6.45, 7) is 6.69. The van der Waals surface area contributed by atoms with Crippen LogP contribution in [0.2, 0.25) is 0 Å². The lowest BCUT2D eigenvalue weighted by molar-refractivity contribution is 0.0932. The number of benzene rings is 2. The van der Waals surface area contributed by atoms with Crippen molar-refractivity contribution in [3.8, 4) is 0 Å². The van der Waals surface area contributed by atoms with Crippen LogP contribution in [0.25, 0.3) is 0 Å². The molecule has 0 aliphatic carbocycles. The van der Waals surface area contributed by atoms with Crippen LogP contribution >= 0.6 is 0 Å². The van der Waals surface area contributed by atoms with Gasteiger partial charge in [0.1, 0.15) is 11.4 Å². The smallest absolute Gasteiger partial charge is 0.128 e. The molecule has 0 aliphatic heterocycles. The third kappa shape index (κ3) is 3.13. The molecule has 0 amide bonds. The topological polar surface area (TPSA) is 38.1 Å². The summed E-state index contributed by atoms with van der Waals surface area (Å²) >= 11 is 0. The third-order valence-corrected chi connectivity index (χ3v) is 4.55. The van der Waals surface area contributed by atoms with Crippen molar-refractivity contribution < 1.29 is 5.11 Å². The number of hydrogen-bond acceptors (Lipinski definition) is 2. The molecule has 3 rings (SSSR count). The van der Waals surface area contributed by atoms with Gasteiger partial charge in [-0.15, -0.1) is 0 Å². The summed E-state index contributed by atoms with van der Waals surface area (Å²) in [4.78, 5) is 4.54. The number of aromatic nitrogens is 2. The Kier molecular flexibility index (Phi) is 4.54. The molecular formula is C21H24N2O. The van der Waals surface area contributed by atoms with E-state index < -0.39 is 5.60 Å². The summed E-state index contributed by atoms with van der Waals surface area (Å²) in [6, 6.07) is 18.3. The second-order valence-corrected chi connectivity index (χ2v) is 6.42. The summed E-state index contributed by atoms with van der Waals surface area (Å²) in [7, 11) is 0. The van der Waals surface area contributed by atoms with Gasteiger partial charge in [-0.3, -0.25) is 0 Å². The van der Waals surface area contributed by atoms with E-state index in [4.69, 9.17) is 0 Å². The quantitative estimate of drug-likeness (QED) is 0.770. The molecule has 2 aromatic carbocycles. The van der Waals surface area contributed by atoms with Gasteiger partial charge in [0.25, 0.3) is 0 Å². The highest BCUT2D eigenvalue weighted by molar-refractivity contribution is 5.34. The zero-order valence-electron chi connectivity index (χ0n) is 14.5. The highest BCUT2D eigenvalue weighted by Gasteiger charge is 2.30. The number of rotatable bonds is 5. The SMILES string of the molecule is CCc1ncc([C@@](C)(O)c2ccc(C)cc2)n1Cc1ccccc1. The van der Waals surface area contributed by atoms with E-state index in [2.05, 4.69) is 28.6 Å². The van der Waals surface area contributed by atoms with Gasteiger partial charge in [0, 0.05) is 13.0 Å². The summed E-state index contributed by atoms with van der Waals surface area (Å²) in [5.41, 5.74) is 3.01. The first kappa shape index (κ1) is 16.5. The number of aryl methyl sites for hydroxylation is 2. The Labute approximate surface area is 143 Å². The molecule has 1 atom stereocenters. The minimum atomic E-state index is -1.08. The van der Waals surface area contributed by atoms with Crippen molar-refractivity contribution in [1.29, 1.82) is 0 Å². The van der Waals surface area contributed by atoms with Crippen LogP contribution in [0.1, 0.15) is 42.1 Å². The molecule has 24 heavy (non-hydrogen) atoms. The summed E-state index contributed by atoms with van der Waals surface area (Å²) in [5.74, 6) is 0.987. The van der Waals surface area contributed by atoms with Crippen LogP contribution in [0.3, 0.4) is 0 Å². The van der Waals surface area contributed by atoms with Crippen molar-refractivity contribution >= 4 is 0 Å². The average molecular weight is 320 g/mol. The maximum atomic E-state index is 11.3. The molecule has 0 unspecified atom stereocenters. The maximum Gasteiger partial charge on any atom is 0.128 e. The minimum Gasteiger partial charge on any atom is -0.379 e. The Morgan fingerprint density at radius 2 is 1.71 bits per heavy atom. The van der Waals surface area contributed by atoms with Gasteiger partial charge >= 0.3 is 0 Å². The molecule has 0 bridgehead atoms. The summed E-state index contributed by atoms with van der Waals surface area (Å²) in [6.07, 6.45) is 2.64. The Morgan fingerprint density at radius 3 is 2.33 bits per heavy atom. The molecule has 0 fully saturated rings. The van der Waals surface area contributed by atoms with Crippen molar-refractivity contribution in [2.45, 2.75) is 39.3 Å². The molecule has 1 N–H and O–H groups in total. The third-order valence-electron chi connectivity index (χ3n) is 4.55. The average Bonchev–Trinajstić information content (AvgIpc) is 2.99. The van der Waals surface area contributed by atoms with Crippen LogP contribution in [0, 0.1) is 6.92 Å². The molecule has 1 heterocycles. The molecular weight excluding hydrogens is 296 g/mol. The fourth-order valence-corrected chi connectivity index (χ4v) is 3.05. The Hall–Kier alpha value is -2.39. The van der Waals surface area contributed by atoms with E-state index in [1.807, 2.05) is 62.5 Å². The normalized spacial score (nSPS) is 13.7. The lowest BCUT2D eigenvalue weighted by Crippen LogP contribution is -2.27. The molecule has 3 aromatic rings. The number of aliphatic hydroxyl groups is 1. The van der Waals surface area contributed by atoms with Gasteiger partial charge in [-0.05, 0) is 25.0 Å². The van der Waals surface area contributed by atoms with E-state index in [1.54, 1.807) is 0 Å². The zero-order valence-corrected chi connectivity index (χ0v) is 14.5. The monoisotopic (exact) mass is 320 g/mol. The van der Waals surface area contributed by atoms with E-state index in [-0.39, 0.29) is 0 Å². The predicted molar refractivity (Wildman–Crippen MR) is 97.0 cm³/mol.